The van der Waals surface area contributed by atoms with Crippen LogP contribution in [0.5, 0.6) is 5.75 Å². The van der Waals surface area contributed by atoms with E-state index in [-0.39, 0.29) is 37.6 Å². The minimum Gasteiger partial charge on any atom is -0.453 e. The SMILES string of the molecule is COC(=O)NC(C(=O)NC(Cc1ccc(-c2cccnc2)cc1)C(O)CN(Cc1ccc(OC(F)(F)F)cc1)NC(=O)OC1CCC2OCCC21)C(C)(C)C. The number of fused-ring (bicyclic) bond motifs is 1. The summed E-state index contributed by atoms with van der Waals surface area (Å²) in [5.41, 5.74) is 5.00. The van der Waals surface area contributed by atoms with Crippen LogP contribution < -0.4 is 20.8 Å². The number of amides is 3. The standard InChI is InChI=1S/C39H48F3N5O8/c1-38(2,3)34(45-36(50)52-4)35(49)44-30(20-24-7-11-26(12-8-24)27-6-5-18-43-21-27)31(48)23-47(22-25-9-13-28(14-10-25)55-39(40,41)42)46-37(51)54-33-16-15-32-29(33)17-19-53-32/h5-14,18,21,29-34,48H,15-17,19-20,22-23H2,1-4H3,(H,44,49)(H,45,50)(H,46,51). The van der Waals surface area contributed by atoms with Crippen molar-refractivity contribution in [3.63, 3.8) is 0 Å². The molecule has 0 spiro atoms. The van der Waals surface area contributed by atoms with Crippen molar-refractivity contribution in [2.24, 2.45) is 11.3 Å². The van der Waals surface area contributed by atoms with Crippen LogP contribution in [-0.2, 0) is 32.0 Å². The van der Waals surface area contributed by atoms with Crippen LogP contribution in [-0.4, -0.2) is 90.2 Å². The van der Waals surface area contributed by atoms with Gasteiger partial charge < -0.3 is 34.7 Å². The topological polar surface area (TPSA) is 161 Å². The Hall–Kier alpha value is -4.93. The third-order valence-corrected chi connectivity index (χ3v) is 9.69. The smallest absolute Gasteiger partial charge is 0.453 e. The molecular formula is C39H48F3N5O8. The van der Waals surface area contributed by atoms with Crippen LogP contribution in [0.3, 0.4) is 0 Å². The number of carbonyl (C=O) groups is 3. The number of nitrogens with one attached hydrogen (secondary N) is 3. The molecule has 3 amide bonds. The van der Waals surface area contributed by atoms with Gasteiger partial charge in [0, 0.05) is 38.0 Å². The number of rotatable bonds is 14. The highest BCUT2D eigenvalue weighted by atomic mass is 19.4. The van der Waals surface area contributed by atoms with E-state index in [4.69, 9.17) is 14.2 Å². The first kappa shape index (κ1) is 41.2. The number of pyridine rings is 1. The molecule has 6 unspecified atom stereocenters. The van der Waals surface area contributed by atoms with Gasteiger partial charge in [-0.1, -0.05) is 63.2 Å². The van der Waals surface area contributed by atoms with Gasteiger partial charge in [0.15, 0.2) is 0 Å². The van der Waals surface area contributed by atoms with E-state index >= 15 is 0 Å². The van der Waals surface area contributed by atoms with Crippen LogP contribution >= 0.6 is 0 Å². The van der Waals surface area contributed by atoms with Gasteiger partial charge in [-0.3, -0.25) is 15.2 Å². The van der Waals surface area contributed by atoms with Gasteiger partial charge in [0.1, 0.15) is 17.9 Å². The average Bonchev–Trinajstić information content (AvgIpc) is 3.75. The van der Waals surface area contributed by atoms with E-state index in [0.717, 1.165) is 41.7 Å². The van der Waals surface area contributed by atoms with Crippen molar-refractivity contribution in [3.05, 3.63) is 84.2 Å². The predicted molar refractivity (Wildman–Crippen MR) is 194 cm³/mol. The van der Waals surface area contributed by atoms with Gasteiger partial charge in [0.05, 0.1) is 25.4 Å². The van der Waals surface area contributed by atoms with Gasteiger partial charge in [-0.25, -0.2) is 14.6 Å². The normalized spacial score (nSPS) is 19.8. The van der Waals surface area contributed by atoms with Gasteiger partial charge in [0.25, 0.3) is 0 Å². The lowest BCUT2D eigenvalue weighted by Crippen LogP contribution is -2.59. The van der Waals surface area contributed by atoms with Gasteiger partial charge in [0.2, 0.25) is 5.91 Å². The first-order valence-corrected chi connectivity index (χ1v) is 18.1. The molecule has 1 aliphatic carbocycles. The van der Waals surface area contributed by atoms with Crippen LogP contribution in [0.15, 0.2) is 73.1 Å². The van der Waals surface area contributed by atoms with Crippen LogP contribution in [0.2, 0.25) is 0 Å². The molecule has 1 aliphatic heterocycles. The van der Waals surface area contributed by atoms with E-state index in [1.165, 1.54) is 24.3 Å². The fourth-order valence-corrected chi connectivity index (χ4v) is 6.91. The zero-order chi connectivity index (χ0) is 39.8. The molecule has 5 rings (SSSR count). The number of ether oxygens (including phenoxy) is 4. The molecular weight excluding hydrogens is 723 g/mol. The number of hydrazine groups is 1. The molecule has 1 saturated heterocycles. The molecule has 2 aliphatic rings. The summed E-state index contributed by atoms with van der Waals surface area (Å²) in [4.78, 5) is 43.6. The monoisotopic (exact) mass is 771 g/mol. The van der Waals surface area contributed by atoms with E-state index in [9.17, 15) is 32.7 Å². The summed E-state index contributed by atoms with van der Waals surface area (Å²) in [7, 11) is 1.19. The molecule has 55 heavy (non-hydrogen) atoms. The molecule has 0 radical (unpaired) electrons. The number of hydrogen-bond donors (Lipinski definition) is 4. The van der Waals surface area contributed by atoms with Gasteiger partial charge in [-0.2, -0.15) is 0 Å². The number of aliphatic hydroxyl groups excluding tert-OH is 1. The van der Waals surface area contributed by atoms with Crippen molar-refractivity contribution in [2.45, 2.75) is 89.8 Å². The molecule has 0 bridgehead atoms. The lowest BCUT2D eigenvalue weighted by atomic mass is 9.85. The Kier molecular flexibility index (Phi) is 13.6. The number of halogens is 3. The van der Waals surface area contributed by atoms with Gasteiger partial charge in [-0.15, -0.1) is 13.2 Å². The highest BCUT2D eigenvalue weighted by molar-refractivity contribution is 5.86. The summed E-state index contributed by atoms with van der Waals surface area (Å²) in [5, 5.41) is 18.7. The zero-order valence-corrected chi connectivity index (χ0v) is 31.2. The van der Waals surface area contributed by atoms with Crippen LogP contribution in [0, 0.1) is 11.3 Å². The molecule has 6 atom stereocenters. The second kappa shape index (κ2) is 18.1. The van der Waals surface area contributed by atoms with Crippen LogP contribution in [0.1, 0.15) is 51.2 Å². The lowest BCUT2D eigenvalue weighted by Gasteiger charge is -2.34. The molecule has 16 heteroatoms. The van der Waals surface area contributed by atoms with E-state index < -0.39 is 53.8 Å². The Morgan fingerprint density at radius 3 is 2.29 bits per heavy atom. The number of nitrogens with zero attached hydrogens (tertiary/aromatic N) is 2. The second-order valence-electron chi connectivity index (χ2n) is 14.8. The third kappa shape index (κ3) is 12.0. The van der Waals surface area contributed by atoms with Gasteiger partial charge in [-0.05, 0) is 71.6 Å². The number of alkyl carbamates (subject to hydrolysis) is 1. The number of benzene rings is 2. The molecule has 1 saturated carbocycles. The molecule has 2 heterocycles. The number of carbonyl (C=O) groups excluding carboxylic acids is 3. The van der Waals surface area contributed by atoms with E-state index in [2.05, 4.69) is 25.8 Å². The summed E-state index contributed by atoms with van der Waals surface area (Å²) in [6, 6.07) is 14.3. The predicted octanol–water partition coefficient (Wildman–Crippen LogP) is 5.52. The van der Waals surface area contributed by atoms with Crippen molar-refractivity contribution in [1.29, 1.82) is 0 Å². The maximum absolute atomic E-state index is 13.9. The number of alkyl halides is 3. The molecule has 1 aromatic heterocycles. The highest BCUT2D eigenvalue weighted by Gasteiger charge is 2.43. The molecule has 298 valence electrons. The molecule has 3 aromatic rings. The fraction of sp³-hybridized carbons (Fsp3) is 0.487. The van der Waals surface area contributed by atoms with Crippen LogP contribution in [0.4, 0.5) is 22.8 Å². The summed E-state index contributed by atoms with van der Waals surface area (Å²) < 4.78 is 58.8. The van der Waals surface area contributed by atoms with E-state index in [0.29, 0.717) is 18.6 Å². The average molecular weight is 772 g/mol. The maximum atomic E-state index is 13.9. The Morgan fingerprint density at radius 1 is 0.945 bits per heavy atom. The largest absolute Gasteiger partial charge is 0.573 e. The number of hydrogen-bond acceptors (Lipinski definition) is 10. The van der Waals surface area contributed by atoms with Crippen molar-refractivity contribution >= 4 is 18.1 Å². The Bertz CT molecular complexity index is 1720. The molecule has 2 fully saturated rings. The number of methoxy groups -OCH3 is 1. The summed E-state index contributed by atoms with van der Waals surface area (Å²) in [6.45, 7) is 5.58. The van der Waals surface area contributed by atoms with Crippen molar-refractivity contribution in [2.75, 3.05) is 20.3 Å². The van der Waals surface area contributed by atoms with Crippen LogP contribution in [0.25, 0.3) is 11.1 Å². The highest BCUT2D eigenvalue weighted by Crippen LogP contribution is 2.38. The molecule has 4 N–H and O–H groups in total. The zero-order valence-electron chi connectivity index (χ0n) is 31.2. The van der Waals surface area contributed by atoms with E-state index in [1.807, 2.05) is 36.4 Å². The van der Waals surface area contributed by atoms with Crippen molar-refractivity contribution in [1.82, 2.24) is 26.1 Å². The quantitative estimate of drug-likeness (QED) is 0.154. The van der Waals surface area contributed by atoms with E-state index in [1.54, 1.807) is 33.2 Å². The minimum atomic E-state index is -4.87. The minimum absolute atomic E-state index is 0.0292. The molecule has 13 nitrogen and oxygen atoms in total. The second-order valence-corrected chi connectivity index (χ2v) is 14.8. The van der Waals surface area contributed by atoms with Gasteiger partial charge >= 0.3 is 18.5 Å². The Labute approximate surface area is 317 Å². The third-order valence-electron chi connectivity index (χ3n) is 9.69. The summed E-state index contributed by atoms with van der Waals surface area (Å²) in [5.74, 6) is -0.928. The Morgan fingerprint density at radius 2 is 1.65 bits per heavy atom. The molecule has 2 aromatic carbocycles. The first-order chi connectivity index (χ1) is 26.1. The lowest BCUT2D eigenvalue weighted by molar-refractivity contribution is -0.274. The fourth-order valence-electron chi connectivity index (χ4n) is 6.91. The number of aliphatic hydroxyl groups is 1. The first-order valence-electron chi connectivity index (χ1n) is 18.1. The maximum Gasteiger partial charge on any atom is 0.573 e. The van der Waals surface area contributed by atoms with Crippen molar-refractivity contribution in [3.8, 4) is 16.9 Å². The summed E-state index contributed by atoms with van der Waals surface area (Å²) >= 11 is 0. The number of aromatic nitrogens is 1. The Balaban J connectivity index is 1.38. The van der Waals surface area contributed by atoms with Crippen molar-refractivity contribution < 1.29 is 51.6 Å². The summed E-state index contributed by atoms with van der Waals surface area (Å²) in [6.07, 6.45) is -2.41.